The maximum atomic E-state index is 11.9. The first-order chi connectivity index (χ1) is 8.06. The lowest BCUT2D eigenvalue weighted by atomic mass is 10.0. The number of aromatic amines is 1. The van der Waals surface area contributed by atoms with E-state index in [4.69, 9.17) is 23.2 Å². The second-order valence-electron chi connectivity index (χ2n) is 4.39. The van der Waals surface area contributed by atoms with E-state index < -0.39 is 0 Å². The Kier molecular flexibility index (Phi) is 3.97. The number of halogens is 2. The fourth-order valence-corrected chi connectivity index (χ4v) is 2.37. The zero-order valence-electron chi connectivity index (χ0n) is 9.52. The van der Waals surface area contributed by atoms with Crippen LogP contribution in [0.3, 0.4) is 0 Å². The van der Waals surface area contributed by atoms with Crippen molar-refractivity contribution in [3.8, 4) is 0 Å². The van der Waals surface area contributed by atoms with E-state index in [-0.39, 0.29) is 11.9 Å². The maximum absolute atomic E-state index is 11.9. The number of hydrogen-bond donors (Lipinski definition) is 3. The molecule has 1 fully saturated rings. The number of piperidine rings is 1. The molecular formula is C11H15Cl2N3O. The molecule has 1 aromatic heterocycles. The van der Waals surface area contributed by atoms with Crippen molar-refractivity contribution in [2.24, 2.45) is 0 Å². The average molecular weight is 276 g/mol. The summed E-state index contributed by atoms with van der Waals surface area (Å²) >= 11 is 11.5. The standard InChI is InChI=1S/C11H15Cl2N3O/c1-6-4-7(2-3-14-6)15-11(17)9-5-8(12)10(13)16-9/h5-7,14,16H,2-4H2,1H3,(H,15,17). The minimum absolute atomic E-state index is 0.155. The van der Waals surface area contributed by atoms with Crippen LogP contribution < -0.4 is 10.6 Å². The topological polar surface area (TPSA) is 56.9 Å². The van der Waals surface area contributed by atoms with Crippen molar-refractivity contribution in [3.05, 3.63) is 21.9 Å². The molecule has 0 bridgehead atoms. The molecule has 1 amide bonds. The van der Waals surface area contributed by atoms with Gasteiger partial charge in [0.05, 0.1) is 5.02 Å². The highest BCUT2D eigenvalue weighted by atomic mass is 35.5. The number of rotatable bonds is 2. The van der Waals surface area contributed by atoms with Gasteiger partial charge in [-0.05, 0) is 32.4 Å². The lowest BCUT2D eigenvalue weighted by molar-refractivity contribution is 0.0921. The van der Waals surface area contributed by atoms with Crippen molar-refractivity contribution in [2.75, 3.05) is 6.54 Å². The molecule has 2 atom stereocenters. The van der Waals surface area contributed by atoms with Crippen LogP contribution in [-0.4, -0.2) is 29.5 Å². The van der Waals surface area contributed by atoms with E-state index in [2.05, 4.69) is 22.5 Å². The van der Waals surface area contributed by atoms with Crippen molar-refractivity contribution in [1.29, 1.82) is 0 Å². The predicted molar refractivity (Wildman–Crippen MR) is 68.8 cm³/mol. The Bertz CT molecular complexity index is 399. The van der Waals surface area contributed by atoms with Crippen LogP contribution in [0.25, 0.3) is 0 Å². The monoisotopic (exact) mass is 275 g/mol. The van der Waals surface area contributed by atoms with Gasteiger partial charge in [-0.2, -0.15) is 0 Å². The summed E-state index contributed by atoms with van der Waals surface area (Å²) in [4.78, 5) is 14.7. The molecule has 6 heteroatoms. The van der Waals surface area contributed by atoms with E-state index in [1.807, 2.05) is 0 Å². The Labute approximate surface area is 110 Å². The lowest BCUT2D eigenvalue weighted by Gasteiger charge is -2.28. The third-order valence-corrected chi connectivity index (χ3v) is 3.62. The Morgan fingerprint density at radius 1 is 1.53 bits per heavy atom. The number of hydrogen-bond acceptors (Lipinski definition) is 2. The molecule has 2 rings (SSSR count). The third kappa shape index (κ3) is 3.15. The summed E-state index contributed by atoms with van der Waals surface area (Å²) < 4.78 is 0. The predicted octanol–water partition coefficient (Wildman–Crippen LogP) is 2.19. The molecule has 17 heavy (non-hydrogen) atoms. The molecule has 0 saturated carbocycles. The maximum Gasteiger partial charge on any atom is 0.268 e. The number of aromatic nitrogens is 1. The highest BCUT2D eigenvalue weighted by Gasteiger charge is 2.21. The van der Waals surface area contributed by atoms with Crippen molar-refractivity contribution >= 4 is 29.1 Å². The number of amides is 1. The number of nitrogens with one attached hydrogen (secondary N) is 3. The minimum Gasteiger partial charge on any atom is -0.348 e. The second kappa shape index (κ2) is 5.29. The van der Waals surface area contributed by atoms with Gasteiger partial charge in [0.2, 0.25) is 0 Å². The fraction of sp³-hybridized carbons (Fsp3) is 0.545. The highest BCUT2D eigenvalue weighted by Crippen LogP contribution is 2.22. The fourth-order valence-electron chi connectivity index (χ4n) is 2.05. The summed E-state index contributed by atoms with van der Waals surface area (Å²) in [6, 6.07) is 2.19. The molecule has 0 radical (unpaired) electrons. The van der Waals surface area contributed by atoms with Gasteiger partial charge in [-0.3, -0.25) is 4.79 Å². The first-order valence-corrected chi connectivity index (χ1v) is 6.40. The van der Waals surface area contributed by atoms with Gasteiger partial charge in [0, 0.05) is 12.1 Å². The van der Waals surface area contributed by atoms with Crippen molar-refractivity contribution < 1.29 is 4.79 Å². The molecule has 1 aliphatic heterocycles. The van der Waals surface area contributed by atoms with Gasteiger partial charge in [-0.1, -0.05) is 23.2 Å². The molecule has 0 aromatic carbocycles. The molecule has 4 nitrogen and oxygen atoms in total. The molecule has 1 aromatic rings. The van der Waals surface area contributed by atoms with Crippen molar-refractivity contribution in [2.45, 2.75) is 31.8 Å². The van der Waals surface area contributed by atoms with Gasteiger partial charge in [0.25, 0.3) is 5.91 Å². The van der Waals surface area contributed by atoms with Gasteiger partial charge in [0.1, 0.15) is 10.8 Å². The summed E-state index contributed by atoms with van der Waals surface area (Å²) in [5, 5.41) is 6.99. The third-order valence-electron chi connectivity index (χ3n) is 2.93. The lowest BCUT2D eigenvalue weighted by Crippen LogP contribution is -2.46. The molecule has 1 aliphatic rings. The molecule has 2 unspecified atom stereocenters. The van der Waals surface area contributed by atoms with Crippen LogP contribution >= 0.6 is 23.2 Å². The Balaban J connectivity index is 1.96. The zero-order chi connectivity index (χ0) is 12.4. The van der Waals surface area contributed by atoms with Crippen LogP contribution in [0.2, 0.25) is 10.2 Å². The van der Waals surface area contributed by atoms with Gasteiger partial charge in [-0.25, -0.2) is 0 Å². The summed E-state index contributed by atoms with van der Waals surface area (Å²) in [5.41, 5.74) is 0.409. The second-order valence-corrected chi connectivity index (χ2v) is 5.18. The molecule has 3 N–H and O–H groups in total. The molecule has 0 spiro atoms. The number of carbonyl (C=O) groups is 1. The van der Waals surface area contributed by atoms with Gasteiger partial charge in [0.15, 0.2) is 0 Å². The van der Waals surface area contributed by atoms with Gasteiger partial charge in [-0.15, -0.1) is 0 Å². The first kappa shape index (κ1) is 12.7. The molecule has 2 heterocycles. The summed E-state index contributed by atoms with van der Waals surface area (Å²) in [7, 11) is 0. The van der Waals surface area contributed by atoms with Crippen LogP contribution in [0.1, 0.15) is 30.3 Å². The Morgan fingerprint density at radius 2 is 2.29 bits per heavy atom. The Hall–Kier alpha value is -0.710. The van der Waals surface area contributed by atoms with E-state index in [0.717, 1.165) is 19.4 Å². The molecule has 0 aliphatic carbocycles. The quantitative estimate of drug-likeness (QED) is 0.775. The van der Waals surface area contributed by atoms with E-state index in [1.54, 1.807) is 6.07 Å². The highest BCUT2D eigenvalue weighted by molar-refractivity contribution is 6.41. The minimum atomic E-state index is -0.155. The summed E-state index contributed by atoms with van der Waals surface area (Å²) in [5.74, 6) is -0.155. The zero-order valence-corrected chi connectivity index (χ0v) is 11.0. The first-order valence-electron chi connectivity index (χ1n) is 5.64. The van der Waals surface area contributed by atoms with Crippen LogP contribution in [0.4, 0.5) is 0 Å². The number of carbonyl (C=O) groups excluding carboxylic acids is 1. The van der Waals surface area contributed by atoms with Gasteiger partial charge >= 0.3 is 0 Å². The van der Waals surface area contributed by atoms with Crippen molar-refractivity contribution in [3.63, 3.8) is 0 Å². The van der Waals surface area contributed by atoms with Crippen LogP contribution in [0.15, 0.2) is 6.07 Å². The SMILES string of the molecule is CC1CC(NC(=O)c2cc(Cl)c(Cl)[nH]2)CCN1. The molecule has 1 saturated heterocycles. The largest absolute Gasteiger partial charge is 0.348 e. The van der Waals surface area contributed by atoms with E-state index in [0.29, 0.717) is 21.9 Å². The molecular weight excluding hydrogens is 261 g/mol. The smallest absolute Gasteiger partial charge is 0.268 e. The summed E-state index contributed by atoms with van der Waals surface area (Å²) in [6.07, 6.45) is 1.88. The van der Waals surface area contributed by atoms with Crippen LogP contribution in [0, 0.1) is 0 Å². The Morgan fingerprint density at radius 3 is 2.88 bits per heavy atom. The van der Waals surface area contributed by atoms with E-state index >= 15 is 0 Å². The average Bonchev–Trinajstić information content (AvgIpc) is 2.59. The van der Waals surface area contributed by atoms with Gasteiger partial charge < -0.3 is 15.6 Å². The van der Waals surface area contributed by atoms with Crippen LogP contribution in [0.5, 0.6) is 0 Å². The summed E-state index contributed by atoms with van der Waals surface area (Å²) in [6.45, 7) is 3.04. The normalized spacial score (nSPS) is 24.6. The van der Waals surface area contributed by atoms with Crippen LogP contribution in [-0.2, 0) is 0 Å². The molecule has 94 valence electrons. The number of H-pyrrole nitrogens is 1. The van der Waals surface area contributed by atoms with E-state index in [1.165, 1.54) is 0 Å². The van der Waals surface area contributed by atoms with Crippen molar-refractivity contribution in [1.82, 2.24) is 15.6 Å². The van der Waals surface area contributed by atoms with E-state index in [9.17, 15) is 4.79 Å².